The summed E-state index contributed by atoms with van der Waals surface area (Å²) in [4.78, 5) is 43.2. The number of anilines is 4. The largest absolute Gasteiger partial charge is 0.497 e. The van der Waals surface area contributed by atoms with Gasteiger partial charge in [0.05, 0.1) is 54.3 Å². The number of ether oxygens (including phenoxy) is 4. The van der Waals surface area contributed by atoms with E-state index in [2.05, 4.69) is 10.3 Å². The molecule has 0 saturated heterocycles. The molecule has 1 aliphatic heterocycles. The zero-order valence-corrected chi connectivity index (χ0v) is 36.3. The van der Waals surface area contributed by atoms with E-state index >= 15 is 4.39 Å². The van der Waals surface area contributed by atoms with Crippen LogP contribution in [0.2, 0.25) is 0 Å². The van der Waals surface area contributed by atoms with Gasteiger partial charge in [-0.1, -0.05) is 24.3 Å². The van der Waals surface area contributed by atoms with E-state index in [9.17, 15) is 14.7 Å². The number of aromatic nitrogens is 5. The number of fused-ring (bicyclic) bond motifs is 2. The van der Waals surface area contributed by atoms with Crippen LogP contribution in [0, 0.1) is 25.1 Å². The average Bonchev–Trinajstić information content (AvgIpc) is 3.57. The number of nitrogens with one attached hydrogen (secondary N) is 1. The van der Waals surface area contributed by atoms with Gasteiger partial charge in [0.1, 0.15) is 29.4 Å². The number of carbonyl (C=O) groups is 2. The number of carboxylic acid groups (broad SMARTS) is 1. The molecular weight excluding hydrogens is 808 g/mol. The summed E-state index contributed by atoms with van der Waals surface area (Å²) in [5.74, 6) is 0.608. The zero-order valence-electron chi connectivity index (χ0n) is 36.3. The van der Waals surface area contributed by atoms with Gasteiger partial charge in [-0.25, -0.2) is 24.1 Å². The molecule has 15 nitrogen and oxygen atoms in total. The van der Waals surface area contributed by atoms with E-state index in [0.29, 0.717) is 82.9 Å². The third-order valence-corrected chi connectivity index (χ3v) is 12.3. The number of nitrogens with zero attached hydrogens (tertiary/aromatic N) is 7. The van der Waals surface area contributed by atoms with Crippen LogP contribution in [0.25, 0.3) is 22.0 Å². The first-order valence-corrected chi connectivity index (χ1v) is 20.8. The number of hydrogen-bond donors (Lipinski definition) is 2. The Morgan fingerprint density at radius 1 is 0.937 bits per heavy atom. The SMILES string of the molecule is COc1ccc(CN(Cc2ccc(OC)cc2)c2c(F)c(-c3cnc4c(c3C)N(C(=O)OC(C)(C)C)CCO4)cc3nc(Nc4cn(C56CC(C(=O)O)(C5)C6)nc4C)ncc23)cc1. The van der Waals surface area contributed by atoms with Crippen molar-refractivity contribution in [1.29, 1.82) is 0 Å². The molecule has 6 aromatic rings. The lowest BCUT2D eigenvalue weighted by atomic mass is 9.39. The summed E-state index contributed by atoms with van der Waals surface area (Å²) < 4.78 is 42.5. The molecule has 1 amide bonds. The summed E-state index contributed by atoms with van der Waals surface area (Å²) in [6.45, 7) is 10.1. The molecule has 0 spiro atoms. The van der Waals surface area contributed by atoms with Crippen LogP contribution in [-0.4, -0.2) is 74.9 Å². The molecule has 4 aliphatic rings. The van der Waals surface area contributed by atoms with E-state index in [1.165, 1.54) is 4.90 Å². The number of carbonyl (C=O) groups excluding carboxylic acids is 1. The normalized spacial score (nSPS) is 18.7. The number of halogens is 1. The Morgan fingerprint density at radius 2 is 1.57 bits per heavy atom. The molecule has 3 aromatic heterocycles. The molecule has 10 rings (SSSR count). The highest BCUT2D eigenvalue weighted by atomic mass is 19.1. The number of benzene rings is 3. The maximum atomic E-state index is 18.0. The number of rotatable bonds is 12. The maximum absolute atomic E-state index is 18.0. The average molecular weight is 857 g/mol. The second kappa shape index (κ2) is 15.4. The van der Waals surface area contributed by atoms with Crippen LogP contribution < -0.4 is 29.3 Å². The summed E-state index contributed by atoms with van der Waals surface area (Å²) >= 11 is 0. The molecule has 2 N–H and O–H groups in total. The van der Waals surface area contributed by atoms with Crippen molar-refractivity contribution in [2.24, 2.45) is 5.41 Å². The van der Waals surface area contributed by atoms with Gasteiger partial charge < -0.3 is 34.3 Å². The van der Waals surface area contributed by atoms with Crippen LogP contribution in [-0.2, 0) is 28.2 Å². The molecule has 3 aromatic carbocycles. The summed E-state index contributed by atoms with van der Waals surface area (Å²) in [6, 6.07) is 17.0. The van der Waals surface area contributed by atoms with Gasteiger partial charge in [0, 0.05) is 48.2 Å². The molecule has 3 aliphatic carbocycles. The van der Waals surface area contributed by atoms with Gasteiger partial charge in [-0.2, -0.15) is 5.10 Å². The van der Waals surface area contributed by atoms with E-state index in [1.807, 2.05) is 78.2 Å². The standard InChI is InChI=1S/C47H49FN8O7/c1-27-34(19-49-41-39(27)55(16-17-62-41)44(59)63-45(3,4)5)33-18-36-35(20-50-43(51-36)52-37-23-56(53-28(37)2)47-24-46(25-47,26-47)42(57)58)40(38(33)48)54(21-29-8-12-31(60-6)13-9-29)22-30-10-14-32(61-7)15-11-30/h8-15,18-20,23H,16-17,21-22,24-26H2,1-7H3,(H,57,58)(H,50,51,52). The van der Waals surface area contributed by atoms with E-state index in [1.54, 1.807) is 53.5 Å². The van der Waals surface area contributed by atoms with Crippen molar-refractivity contribution in [1.82, 2.24) is 24.7 Å². The number of pyridine rings is 1. The maximum Gasteiger partial charge on any atom is 0.415 e. The minimum Gasteiger partial charge on any atom is -0.497 e. The minimum absolute atomic E-state index is 0.208. The molecule has 63 heavy (non-hydrogen) atoms. The number of methoxy groups -OCH3 is 2. The fraction of sp³-hybridized carbons (Fsp3) is 0.362. The van der Waals surface area contributed by atoms with Crippen molar-refractivity contribution in [2.45, 2.75) is 78.1 Å². The van der Waals surface area contributed by atoms with Crippen molar-refractivity contribution in [3.8, 4) is 28.5 Å². The summed E-state index contributed by atoms with van der Waals surface area (Å²) in [5.41, 5.74) is 3.78. The van der Waals surface area contributed by atoms with Crippen molar-refractivity contribution in [3.63, 3.8) is 0 Å². The molecular formula is C47H49FN8O7. The van der Waals surface area contributed by atoms with Crippen LogP contribution in [0.5, 0.6) is 17.4 Å². The van der Waals surface area contributed by atoms with Crippen LogP contribution in [0.15, 0.2) is 73.2 Å². The van der Waals surface area contributed by atoms with Gasteiger partial charge in [0.25, 0.3) is 0 Å². The summed E-state index contributed by atoms with van der Waals surface area (Å²) in [5, 5.41) is 18.2. The van der Waals surface area contributed by atoms with Gasteiger partial charge >= 0.3 is 12.1 Å². The fourth-order valence-electron chi connectivity index (χ4n) is 9.07. The molecule has 2 bridgehead atoms. The molecule has 3 saturated carbocycles. The number of aliphatic carboxylic acids is 1. The second-order valence-corrected chi connectivity index (χ2v) is 17.7. The van der Waals surface area contributed by atoms with Crippen molar-refractivity contribution >= 4 is 46.0 Å². The molecule has 4 heterocycles. The van der Waals surface area contributed by atoms with Crippen molar-refractivity contribution in [3.05, 3.63) is 101 Å². The Balaban J connectivity index is 1.18. The number of aryl methyl sites for hydroxylation is 1. The second-order valence-electron chi connectivity index (χ2n) is 17.7. The van der Waals surface area contributed by atoms with Crippen LogP contribution in [0.1, 0.15) is 62.4 Å². The summed E-state index contributed by atoms with van der Waals surface area (Å²) in [6.07, 6.45) is 6.13. The number of carboxylic acids is 1. The lowest BCUT2D eigenvalue weighted by Crippen LogP contribution is -2.70. The third-order valence-electron chi connectivity index (χ3n) is 12.3. The monoisotopic (exact) mass is 856 g/mol. The molecule has 3 fully saturated rings. The molecule has 0 radical (unpaired) electrons. The van der Waals surface area contributed by atoms with E-state index in [4.69, 9.17) is 34.0 Å². The Bertz CT molecular complexity index is 2700. The van der Waals surface area contributed by atoms with E-state index in [0.717, 1.165) is 11.1 Å². The first kappa shape index (κ1) is 41.4. The number of amides is 1. The van der Waals surface area contributed by atoms with Crippen molar-refractivity contribution in [2.75, 3.05) is 42.5 Å². The quantitative estimate of drug-likeness (QED) is 0.120. The summed E-state index contributed by atoms with van der Waals surface area (Å²) in [7, 11) is 3.22. The fourth-order valence-corrected chi connectivity index (χ4v) is 9.07. The Morgan fingerprint density at radius 3 is 2.16 bits per heavy atom. The topological polar surface area (TPSA) is 166 Å². The van der Waals surface area contributed by atoms with Gasteiger partial charge in [0.2, 0.25) is 11.8 Å². The Labute approximate surface area is 363 Å². The highest BCUT2D eigenvalue weighted by Gasteiger charge is 2.73. The lowest BCUT2D eigenvalue weighted by molar-refractivity contribution is -0.216. The molecule has 0 atom stereocenters. The first-order valence-electron chi connectivity index (χ1n) is 20.8. The van der Waals surface area contributed by atoms with Gasteiger partial charge in [-0.15, -0.1) is 0 Å². The van der Waals surface area contributed by atoms with Crippen LogP contribution >= 0.6 is 0 Å². The predicted molar refractivity (Wildman–Crippen MR) is 235 cm³/mol. The Hall–Kier alpha value is -6.97. The third kappa shape index (κ3) is 7.46. The Kier molecular flexibility index (Phi) is 10.1. The highest BCUT2D eigenvalue weighted by Crippen LogP contribution is 2.71. The molecule has 0 unspecified atom stereocenters. The molecule has 16 heteroatoms. The van der Waals surface area contributed by atoms with Crippen LogP contribution in [0.4, 0.5) is 32.2 Å². The van der Waals surface area contributed by atoms with Gasteiger partial charge in [-0.05, 0) is 101 Å². The first-order chi connectivity index (χ1) is 30.1. The minimum atomic E-state index is -0.757. The van der Waals surface area contributed by atoms with Crippen molar-refractivity contribution < 1.29 is 38.0 Å². The van der Waals surface area contributed by atoms with E-state index in [-0.39, 0.29) is 41.8 Å². The van der Waals surface area contributed by atoms with Gasteiger partial charge in [0.15, 0.2) is 5.82 Å². The van der Waals surface area contributed by atoms with Gasteiger partial charge in [-0.3, -0.25) is 14.4 Å². The van der Waals surface area contributed by atoms with Crippen LogP contribution in [0.3, 0.4) is 0 Å². The van der Waals surface area contributed by atoms with E-state index < -0.39 is 28.9 Å². The zero-order chi connectivity index (χ0) is 44.4. The lowest BCUT2D eigenvalue weighted by Gasteiger charge is -2.67. The predicted octanol–water partition coefficient (Wildman–Crippen LogP) is 8.71. The number of hydrogen-bond acceptors (Lipinski definition) is 12. The highest BCUT2D eigenvalue weighted by molar-refractivity contribution is 5.99. The molecule has 326 valence electrons. The smallest absolute Gasteiger partial charge is 0.415 e.